The molecule has 0 aliphatic rings. The molecule has 1 atom stereocenters. The summed E-state index contributed by atoms with van der Waals surface area (Å²) >= 11 is 0. The van der Waals surface area contributed by atoms with Crippen LogP contribution in [-0.2, 0) is 16.1 Å². The maximum absolute atomic E-state index is 11.7. The molecule has 0 bridgehead atoms. The zero-order valence-electron chi connectivity index (χ0n) is 11.8. The maximum Gasteiger partial charge on any atom is 0.326 e. The number of aliphatic carboxylic acids is 1. The van der Waals surface area contributed by atoms with E-state index in [0.717, 1.165) is 5.56 Å². The number of urea groups is 1. The summed E-state index contributed by atoms with van der Waals surface area (Å²) in [6.07, 6.45) is -0.190. The molecule has 3 amide bonds. The van der Waals surface area contributed by atoms with Crippen molar-refractivity contribution in [3.63, 3.8) is 0 Å². The lowest BCUT2D eigenvalue weighted by Gasteiger charge is -2.14. The molecule has 0 saturated carbocycles. The molecular weight excluding hydrogens is 280 g/mol. The van der Waals surface area contributed by atoms with E-state index >= 15 is 0 Å². The maximum atomic E-state index is 11.7. The van der Waals surface area contributed by atoms with E-state index in [9.17, 15) is 14.4 Å². The van der Waals surface area contributed by atoms with E-state index < -0.39 is 23.9 Å². The molecule has 1 heterocycles. The number of hydrogen-bond acceptors (Lipinski definition) is 5. The second kappa shape index (κ2) is 7.27. The molecule has 9 nitrogen and oxygen atoms in total. The Morgan fingerprint density at radius 1 is 1.38 bits per heavy atom. The summed E-state index contributed by atoms with van der Waals surface area (Å²) in [5.41, 5.74) is 6.33. The van der Waals surface area contributed by atoms with Crippen LogP contribution in [0.15, 0.2) is 4.52 Å². The largest absolute Gasteiger partial charge is 0.480 e. The number of primary amides is 1. The molecular formula is C12H18N4O5. The van der Waals surface area contributed by atoms with Crippen LogP contribution in [0.1, 0.15) is 29.9 Å². The van der Waals surface area contributed by atoms with Gasteiger partial charge >= 0.3 is 12.0 Å². The van der Waals surface area contributed by atoms with Crippen LogP contribution in [0.3, 0.4) is 0 Å². The number of carboxylic acid groups (broad SMARTS) is 1. The van der Waals surface area contributed by atoms with Gasteiger partial charge in [0.05, 0.1) is 5.69 Å². The van der Waals surface area contributed by atoms with Crippen molar-refractivity contribution in [2.45, 2.75) is 39.3 Å². The Labute approximate surface area is 120 Å². The summed E-state index contributed by atoms with van der Waals surface area (Å²) in [4.78, 5) is 33.3. The van der Waals surface area contributed by atoms with Gasteiger partial charge in [0.15, 0.2) is 0 Å². The third-order valence-corrected chi connectivity index (χ3v) is 2.89. The molecule has 0 aliphatic carbocycles. The Bertz CT molecular complexity index is 520. The molecule has 5 N–H and O–H groups in total. The van der Waals surface area contributed by atoms with Crippen LogP contribution in [0, 0.1) is 13.8 Å². The van der Waals surface area contributed by atoms with E-state index in [1.165, 1.54) is 0 Å². The van der Waals surface area contributed by atoms with Crippen molar-refractivity contribution in [1.29, 1.82) is 0 Å². The summed E-state index contributed by atoms with van der Waals surface area (Å²) in [6, 6.07) is -1.84. The molecule has 0 aliphatic heterocycles. The lowest BCUT2D eigenvalue weighted by molar-refractivity contribution is -0.139. The first kappa shape index (κ1) is 16.5. The standard InChI is InChI=1S/C12H18N4O5/c1-6-8(7(2)21-16-6)5-14-12(20)15-9(11(18)19)3-4-10(13)17/h9H,3-5H2,1-2H3,(H2,13,17)(H,18,19)(H2,14,15,20). The number of carboxylic acids is 1. The minimum atomic E-state index is -1.23. The summed E-state index contributed by atoms with van der Waals surface area (Å²) < 4.78 is 4.94. The molecule has 0 spiro atoms. The normalized spacial score (nSPS) is 11.7. The van der Waals surface area contributed by atoms with E-state index in [-0.39, 0.29) is 19.4 Å². The number of nitrogens with one attached hydrogen (secondary N) is 2. The van der Waals surface area contributed by atoms with Crippen LogP contribution in [0.2, 0.25) is 0 Å². The van der Waals surface area contributed by atoms with E-state index in [1.54, 1.807) is 13.8 Å². The van der Waals surface area contributed by atoms with Gasteiger partial charge in [-0.05, 0) is 20.3 Å². The Morgan fingerprint density at radius 3 is 2.52 bits per heavy atom. The number of rotatable bonds is 7. The Kier molecular flexibility index (Phi) is 5.70. The van der Waals surface area contributed by atoms with Gasteiger partial charge in [0.1, 0.15) is 11.8 Å². The molecule has 0 aromatic carbocycles. The summed E-state index contributed by atoms with van der Waals surface area (Å²) in [5, 5.41) is 17.5. The first-order valence-electron chi connectivity index (χ1n) is 6.28. The van der Waals surface area contributed by atoms with Crippen molar-refractivity contribution in [3.05, 3.63) is 17.0 Å². The monoisotopic (exact) mass is 298 g/mol. The molecule has 1 unspecified atom stereocenters. The fourth-order valence-corrected chi connectivity index (χ4v) is 1.68. The fourth-order valence-electron chi connectivity index (χ4n) is 1.68. The van der Waals surface area contributed by atoms with Crippen LogP contribution >= 0.6 is 0 Å². The SMILES string of the molecule is Cc1noc(C)c1CNC(=O)NC(CCC(N)=O)C(=O)O. The zero-order chi connectivity index (χ0) is 16.0. The molecule has 9 heteroatoms. The number of nitrogens with zero attached hydrogens (tertiary/aromatic N) is 1. The van der Waals surface area contributed by atoms with Gasteiger partial charge in [-0.25, -0.2) is 9.59 Å². The van der Waals surface area contributed by atoms with Crippen LogP contribution in [0.5, 0.6) is 0 Å². The second-order valence-corrected chi connectivity index (χ2v) is 4.53. The number of amides is 3. The van der Waals surface area contributed by atoms with Crippen molar-refractivity contribution in [3.8, 4) is 0 Å². The van der Waals surface area contributed by atoms with Gasteiger partial charge in [-0.3, -0.25) is 4.79 Å². The quantitative estimate of drug-likeness (QED) is 0.548. The van der Waals surface area contributed by atoms with Crippen LogP contribution < -0.4 is 16.4 Å². The fraction of sp³-hybridized carbons (Fsp3) is 0.500. The average Bonchev–Trinajstić information content (AvgIpc) is 2.71. The molecule has 1 aromatic heterocycles. The van der Waals surface area contributed by atoms with Crippen molar-refractivity contribution < 1.29 is 24.0 Å². The lowest BCUT2D eigenvalue weighted by atomic mass is 10.1. The topological polar surface area (TPSA) is 148 Å². The Hall–Kier alpha value is -2.58. The molecule has 0 saturated heterocycles. The summed E-state index contributed by atoms with van der Waals surface area (Å²) in [5.74, 6) is -1.28. The third kappa shape index (κ3) is 5.13. The minimum Gasteiger partial charge on any atom is -0.480 e. The predicted molar refractivity (Wildman–Crippen MR) is 71.2 cm³/mol. The summed E-state index contributed by atoms with van der Waals surface area (Å²) in [6.45, 7) is 3.61. The van der Waals surface area contributed by atoms with E-state index in [4.69, 9.17) is 15.4 Å². The average molecular weight is 298 g/mol. The number of carbonyl (C=O) groups excluding carboxylic acids is 2. The highest BCUT2D eigenvalue weighted by Crippen LogP contribution is 2.11. The molecule has 0 radical (unpaired) electrons. The van der Waals surface area contributed by atoms with E-state index in [1.807, 2.05) is 0 Å². The highest BCUT2D eigenvalue weighted by Gasteiger charge is 2.20. The Balaban J connectivity index is 2.50. The first-order chi connectivity index (χ1) is 9.81. The second-order valence-electron chi connectivity index (χ2n) is 4.53. The lowest BCUT2D eigenvalue weighted by Crippen LogP contribution is -2.46. The van der Waals surface area contributed by atoms with E-state index in [2.05, 4.69) is 15.8 Å². The number of aryl methyl sites for hydroxylation is 2. The number of aromatic nitrogens is 1. The number of nitrogens with two attached hydrogens (primary N) is 1. The van der Waals surface area contributed by atoms with Gasteiger partial charge in [-0.2, -0.15) is 0 Å². The van der Waals surface area contributed by atoms with Gasteiger partial charge in [-0.15, -0.1) is 0 Å². The smallest absolute Gasteiger partial charge is 0.326 e. The summed E-state index contributed by atoms with van der Waals surface area (Å²) in [7, 11) is 0. The Morgan fingerprint density at radius 2 is 2.05 bits per heavy atom. The molecule has 0 fully saturated rings. The number of carbonyl (C=O) groups is 3. The predicted octanol–water partition coefficient (Wildman–Crippen LogP) is -0.191. The van der Waals surface area contributed by atoms with Crippen LogP contribution in [0.4, 0.5) is 4.79 Å². The number of hydrogen-bond donors (Lipinski definition) is 4. The molecule has 116 valence electrons. The van der Waals surface area contributed by atoms with Crippen LogP contribution in [-0.4, -0.2) is 34.2 Å². The van der Waals surface area contributed by atoms with Crippen molar-refractivity contribution in [2.24, 2.45) is 5.73 Å². The minimum absolute atomic E-state index is 0.0661. The highest BCUT2D eigenvalue weighted by molar-refractivity contribution is 5.83. The van der Waals surface area contributed by atoms with E-state index in [0.29, 0.717) is 11.5 Å². The van der Waals surface area contributed by atoms with Gasteiger partial charge < -0.3 is 26.0 Å². The molecule has 1 rings (SSSR count). The van der Waals surface area contributed by atoms with Gasteiger partial charge in [0.25, 0.3) is 0 Å². The van der Waals surface area contributed by atoms with Crippen molar-refractivity contribution >= 4 is 17.9 Å². The van der Waals surface area contributed by atoms with Crippen molar-refractivity contribution in [2.75, 3.05) is 0 Å². The van der Waals surface area contributed by atoms with Crippen molar-refractivity contribution in [1.82, 2.24) is 15.8 Å². The highest BCUT2D eigenvalue weighted by atomic mass is 16.5. The van der Waals surface area contributed by atoms with Crippen LogP contribution in [0.25, 0.3) is 0 Å². The van der Waals surface area contributed by atoms with Gasteiger partial charge in [0.2, 0.25) is 5.91 Å². The molecule has 21 heavy (non-hydrogen) atoms. The van der Waals surface area contributed by atoms with Gasteiger partial charge in [0, 0.05) is 18.5 Å². The third-order valence-electron chi connectivity index (χ3n) is 2.89. The first-order valence-corrected chi connectivity index (χ1v) is 6.28. The van der Waals surface area contributed by atoms with Gasteiger partial charge in [-0.1, -0.05) is 5.16 Å². The zero-order valence-corrected chi connectivity index (χ0v) is 11.8. The molecule has 1 aromatic rings.